The lowest BCUT2D eigenvalue weighted by atomic mass is 9.96. The molecule has 0 bridgehead atoms. The fourth-order valence-electron chi connectivity index (χ4n) is 2.24. The number of amides is 1. The van der Waals surface area contributed by atoms with Crippen LogP contribution in [0.5, 0.6) is 0 Å². The van der Waals surface area contributed by atoms with Gasteiger partial charge in [0.2, 0.25) is 5.91 Å². The summed E-state index contributed by atoms with van der Waals surface area (Å²) in [5, 5.41) is 13.1. The second-order valence-electron chi connectivity index (χ2n) is 4.79. The molecule has 16 heavy (non-hydrogen) atoms. The first kappa shape index (κ1) is 11.8. The maximum Gasteiger partial charge on any atom is 0.219 e. The molecule has 2 aliphatic heterocycles. The molecular formula is C11H21N3O2. The highest BCUT2D eigenvalue weighted by atomic mass is 16.3. The molecule has 2 saturated heterocycles. The molecule has 92 valence electrons. The van der Waals surface area contributed by atoms with Crippen LogP contribution in [-0.4, -0.2) is 72.7 Å². The molecule has 5 nitrogen and oxygen atoms in total. The number of rotatable bonds is 3. The third kappa shape index (κ3) is 2.72. The van der Waals surface area contributed by atoms with E-state index in [1.165, 1.54) is 0 Å². The second kappa shape index (κ2) is 5.12. The minimum atomic E-state index is -0.217. The summed E-state index contributed by atoms with van der Waals surface area (Å²) in [7, 11) is 0. The zero-order valence-electron chi connectivity index (χ0n) is 9.85. The van der Waals surface area contributed by atoms with E-state index in [9.17, 15) is 9.90 Å². The van der Waals surface area contributed by atoms with Gasteiger partial charge in [-0.25, -0.2) is 0 Å². The zero-order valence-corrected chi connectivity index (χ0v) is 9.85. The third-order valence-electron chi connectivity index (χ3n) is 3.62. The molecule has 2 aliphatic rings. The van der Waals surface area contributed by atoms with Gasteiger partial charge >= 0.3 is 0 Å². The van der Waals surface area contributed by atoms with Gasteiger partial charge in [0.05, 0.1) is 6.10 Å². The number of β-amino-alcohol motifs (C(OH)–C–C–N with tert-alkyl or cyclic N) is 1. The van der Waals surface area contributed by atoms with Gasteiger partial charge in [-0.1, -0.05) is 0 Å². The van der Waals surface area contributed by atoms with E-state index in [1.54, 1.807) is 6.92 Å². The Balaban J connectivity index is 1.70. The van der Waals surface area contributed by atoms with E-state index < -0.39 is 0 Å². The molecule has 0 aliphatic carbocycles. The van der Waals surface area contributed by atoms with Gasteiger partial charge in [0, 0.05) is 58.7 Å². The van der Waals surface area contributed by atoms with Crippen LogP contribution >= 0.6 is 0 Å². The molecule has 1 atom stereocenters. The molecule has 0 aromatic rings. The molecule has 2 rings (SSSR count). The molecule has 2 N–H and O–H groups in total. The van der Waals surface area contributed by atoms with Crippen molar-refractivity contribution in [3.63, 3.8) is 0 Å². The summed E-state index contributed by atoms with van der Waals surface area (Å²) in [5.41, 5.74) is 0. The van der Waals surface area contributed by atoms with Crippen LogP contribution in [0.4, 0.5) is 0 Å². The van der Waals surface area contributed by atoms with E-state index in [4.69, 9.17) is 0 Å². The molecule has 1 amide bonds. The lowest BCUT2D eigenvalue weighted by Crippen LogP contribution is -2.55. The Kier molecular flexibility index (Phi) is 3.78. The zero-order chi connectivity index (χ0) is 11.5. The van der Waals surface area contributed by atoms with E-state index in [0.717, 1.165) is 45.8 Å². The topological polar surface area (TPSA) is 55.8 Å². The highest BCUT2D eigenvalue weighted by molar-refractivity contribution is 5.73. The minimum Gasteiger partial charge on any atom is -0.391 e. The van der Waals surface area contributed by atoms with Crippen molar-refractivity contribution in [2.75, 3.05) is 45.8 Å². The first-order valence-electron chi connectivity index (χ1n) is 6.03. The Morgan fingerprint density at radius 1 is 1.38 bits per heavy atom. The van der Waals surface area contributed by atoms with Gasteiger partial charge in [-0.15, -0.1) is 0 Å². The van der Waals surface area contributed by atoms with Crippen molar-refractivity contribution in [1.82, 2.24) is 15.1 Å². The molecule has 0 radical (unpaired) electrons. The maximum atomic E-state index is 11.1. The predicted octanol–water partition coefficient (Wildman–Crippen LogP) is -1.27. The SMILES string of the molecule is CC(=O)N1CCN(CC(O)C2CNC2)CC1. The summed E-state index contributed by atoms with van der Waals surface area (Å²) >= 11 is 0. The Hall–Kier alpha value is -0.650. The average Bonchev–Trinajstić information content (AvgIpc) is 2.15. The Morgan fingerprint density at radius 3 is 2.44 bits per heavy atom. The third-order valence-corrected chi connectivity index (χ3v) is 3.62. The van der Waals surface area contributed by atoms with E-state index in [0.29, 0.717) is 5.92 Å². The van der Waals surface area contributed by atoms with Crippen LogP contribution in [0.3, 0.4) is 0 Å². The van der Waals surface area contributed by atoms with Crippen LogP contribution in [0.2, 0.25) is 0 Å². The normalized spacial score (nSPS) is 25.2. The quantitative estimate of drug-likeness (QED) is 0.631. The Morgan fingerprint density at radius 2 is 2.00 bits per heavy atom. The number of carbonyl (C=O) groups is 1. The highest BCUT2D eigenvalue weighted by Gasteiger charge is 2.28. The molecule has 0 saturated carbocycles. The average molecular weight is 227 g/mol. The van der Waals surface area contributed by atoms with Gasteiger partial charge in [0.15, 0.2) is 0 Å². The summed E-state index contributed by atoms with van der Waals surface area (Å²) < 4.78 is 0. The lowest BCUT2D eigenvalue weighted by Gasteiger charge is -2.38. The number of aliphatic hydroxyl groups is 1. The number of carbonyl (C=O) groups excluding carboxylic acids is 1. The Labute approximate surface area is 96.4 Å². The summed E-state index contributed by atoms with van der Waals surface area (Å²) in [6, 6.07) is 0. The van der Waals surface area contributed by atoms with Crippen molar-refractivity contribution >= 4 is 5.91 Å². The first-order chi connectivity index (χ1) is 7.66. The number of hydrogen-bond donors (Lipinski definition) is 2. The highest BCUT2D eigenvalue weighted by Crippen LogP contribution is 2.12. The summed E-state index contributed by atoms with van der Waals surface area (Å²) in [6.45, 7) is 7.61. The molecule has 0 spiro atoms. The second-order valence-corrected chi connectivity index (χ2v) is 4.79. The van der Waals surface area contributed by atoms with E-state index in [-0.39, 0.29) is 12.0 Å². The number of aliphatic hydroxyl groups excluding tert-OH is 1. The van der Waals surface area contributed by atoms with Gasteiger partial charge in [0.1, 0.15) is 0 Å². The largest absolute Gasteiger partial charge is 0.391 e. The van der Waals surface area contributed by atoms with E-state index in [2.05, 4.69) is 10.2 Å². The minimum absolute atomic E-state index is 0.156. The molecule has 2 fully saturated rings. The number of hydrogen-bond acceptors (Lipinski definition) is 4. The fraction of sp³-hybridized carbons (Fsp3) is 0.909. The van der Waals surface area contributed by atoms with Gasteiger partial charge in [-0.05, 0) is 0 Å². The lowest BCUT2D eigenvalue weighted by molar-refractivity contribution is -0.130. The van der Waals surface area contributed by atoms with Gasteiger partial charge in [-0.3, -0.25) is 9.69 Å². The van der Waals surface area contributed by atoms with Crippen molar-refractivity contribution in [3.8, 4) is 0 Å². The van der Waals surface area contributed by atoms with Crippen molar-refractivity contribution in [2.24, 2.45) is 5.92 Å². The van der Waals surface area contributed by atoms with Crippen LogP contribution in [0.25, 0.3) is 0 Å². The van der Waals surface area contributed by atoms with Crippen molar-refractivity contribution < 1.29 is 9.90 Å². The van der Waals surface area contributed by atoms with Crippen LogP contribution in [0.15, 0.2) is 0 Å². The van der Waals surface area contributed by atoms with Crippen LogP contribution in [-0.2, 0) is 4.79 Å². The maximum absolute atomic E-state index is 11.1. The predicted molar refractivity (Wildman–Crippen MR) is 61.1 cm³/mol. The molecule has 5 heteroatoms. The van der Waals surface area contributed by atoms with Gasteiger partial charge in [0.25, 0.3) is 0 Å². The summed E-state index contributed by atoms with van der Waals surface area (Å²) in [5.74, 6) is 0.578. The van der Waals surface area contributed by atoms with Crippen molar-refractivity contribution in [2.45, 2.75) is 13.0 Å². The summed E-state index contributed by atoms with van der Waals surface area (Å²) in [4.78, 5) is 15.3. The van der Waals surface area contributed by atoms with E-state index in [1.807, 2.05) is 4.90 Å². The standard InChI is InChI=1S/C11H21N3O2/c1-9(15)14-4-2-13(3-5-14)8-11(16)10-6-12-7-10/h10-12,16H,2-8H2,1H3. The smallest absolute Gasteiger partial charge is 0.219 e. The monoisotopic (exact) mass is 227 g/mol. The molecular weight excluding hydrogens is 206 g/mol. The van der Waals surface area contributed by atoms with Gasteiger partial charge in [-0.2, -0.15) is 0 Å². The Bertz CT molecular complexity index is 248. The molecule has 0 aromatic heterocycles. The fourth-order valence-corrected chi connectivity index (χ4v) is 2.24. The van der Waals surface area contributed by atoms with Crippen molar-refractivity contribution in [1.29, 1.82) is 0 Å². The molecule has 1 unspecified atom stereocenters. The number of piperazine rings is 1. The van der Waals surface area contributed by atoms with Crippen LogP contribution < -0.4 is 5.32 Å². The van der Waals surface area contributed by atoms with Crippen LogP contribution in [0, 0.1) is 5.92 Å². The first-order valence-corrected chi connectivity index (χ1v) is 6.03. The van der Waals surface area contributed by atoms with Gasteiger partial charge < -0.3 is 15.3 Å². The van der Waals surface area contributed by atoms with Crippen LogP contribution in [0.1, 0.15) is 6.92 Å². The summed E-state index contributed by atoms with van der Waals surface area (Å²) in [6.07, 6.45) is -0.217. The van der Waals surface area contributed by atoms with E-state index >= 15 is 0 Å². The van der Waals surface area contributed by atoms with Crippen molar-refractivity contribution in [3.05, 3.63) is 0 Å². The molecule has 2 heterocycles. The number of nitrogens with one attached hydrogen (secondary N) is 1. The molecule has 0 aromatic carbocycles. The number of nitrogens with zero attached hydrogens (tertiary/aromatic N) is 2.